The molecule has 0 bridgehead atoms. The van der Waals surface area contributed by atoms with Gasteiger partial charge in [-0.05, 0) is 30.7 Å². The predicted molar refractivity (Wildman–Crippen MR) is 137 cm³/mol. The maximum absolute atomic E-state index is 12.6. The van der Waals surface area contributed by atoms with Gasteiger partial charge in [-0.1, -0.05) is 0 Å². The average Bonchev–Trinajstić information content (AvgIpc) is 2.89. The number of amides is 2. The van der Waals surface area contributed by atoms with Gasteiger partial charge in [0.05, 0.1) is 18.4 Å². The Bertz CT molecular complexity index is 1500. The number of aromatic nitrogens is 4. The molecule has 8 N–H and O–H groups in total. The van der Waals surface area contributed by atoms with E-state index in [4.69, 9.17) is 17.3 Å². The number of carboxylic acid groups (broad SMARTS) is 2. The fraction of sp³-hybridized carbons (Fsp3) is 0.250. The van der Waals surface area contributed by atoms with Crippen molar-refractivity contribution in [3.63, 3.8) is 0 Å². The molecule has 39 heavy (non-hydrogen) atoms. The third-order valence-corrected chi connectivity index (χ3v) is 5.33. The number of hydrogen-bond acceptors (Lipinski definition) is 10. The number of carboxylic acids is 2. The molecule has 0 unspecified atom stereocenters. The summed E-state index contributed by atoms with van der Waals surface area (Å²) in [6.07, 6.45) is 5.67. The molecule has 0 radical (unpaired) electrons. The molecule has 3 aromatic rings. The lowest BCUT2D eigenvalue weighted by molar-refractivity contribution is -0.142. The van der Waals surface area contributed by atoms with Gasteiger partial charge in [-0.3, -0.25) is 19.4 Å². The quantitative estimate of drug-likeness (QED) is 0.144. The first-order valence-electron chi connectivity index (χ1n) is 11.4. The number of hydrogen-bond donors (Lipinski definition) is 7. The summed E-state index contributed by atoms with van der Waals surface area (Å²) in [4.78, 5) is 73.8. The molecule has 2 aromatic heterocycles. The van der Waals surface area contributed by atoms with Crippen LogP contribution >= 0.6 is 0 Å². The van der Waals surface area contributed by atoms with Crippen LogP contribution in [0.3, 0.4) is 0 Å². The number of nitrogen functional groups attached to an aromatic ring is 1. The molecule has 0 aliphatic heterocycles. The summed E-state index contributed by atoms with van der Waals surface area (Å²) in [6, 6.07) is 3.41. The van der Waals surface area contributed by atoms with E-state index >= 15 is 0 Å². The zero-order valence-electron chi connectivity index (χ0n) is 20.3. The first-order valence-corrected chi connectivity index (χ1v) is 11.4. The number of nitrogens with two attached hydrogens (primary N) is 1. The Morgan fingerprint density at radius 1 is 1.05 bits per heavy atom. The van der Waals surface area contributed by atoms with Gasteiger partial charge in [-0.2, -0.15) is 4.98 Å². The number of anilines is 2. The van der Waals surface area contributed by atoms with Gasteiger partial charge in [-0.15, -0.1) is 12.3 Å². The van der Waals surface area contributed by atoms with Gasteiger partial charge in [0.2, 0.25) is 11.9 Å². The van der Waals surface area contributed by atoms with Crippen LogP contribution in [0.25, 0.3) is 11.2 Å². The lowest BCUT2D eigenvalue weighted by atomic mass is 10.1. The molecule has 2 heterocycles. The van der Waals surface area contributed by atoms with Gasteiger partial charge < -0.3 is 31.9 Å². The summed E-state index contributed by atoms with van der Waals surface area (Å²) in [6.45, 7) is 0.200. The Balaban J connectivity index is 1.55. The summed E-state index contributed by atoms with van der Waals surface area (Å²) >= 11 is 0. The number of carbonyl (C=O) groups excluding carboxylic acids is 2. The third kappa shape index (κ3) is 7.73. The van der Waals surface area contributed by atoms with E-state index in [1.807, 2.05) is 0 Å². The van der Waals surface area contributed by atoms with E-state index in [9.17, 15) is 29.1 Å². The number of nitrogens with one attached hydrogen (secondary N) is 4. The fourth-order valence-electron chi connectivity index (χ4n) is 3.35. The average molecular weight is 537 g/mol. The van der Waals surface area contributed by atoms with Crippen molar-refractivity contribution < 1.29 is 29.4 Å². The molecule has 2 atom stereocenters. The number of rotatable bonds is 12. The van der Waals surface area contributed by atoms with Crippen molar-refractivity contribution >= 4 is 46.6 Å². The number of H-pyrrole nitrogens is 1. The highest BCUT2D eigenvalue weighted by atomic mass is 16.4. The number of carbonyl (C=O) groups is 4. The molecule has 0 fully saturated rings. The molecule has 0 aliphatic carbocycles. The van der Waals surface area contributed by atoms with E-state index in [2.05, 4.69) is 41.8 Å². The summed E-state index contributed by atoms with van der Waals surface area (Å²) in [5.74, 6) is -2.00. The maximum Gasteiger partial charge on any atom is 0.327 e. The second-order valence-corrected chi connectivity index (χ2v) is 8.19. The summed E-state index contributed by atoms with van der Waals surface area (Å²) in [5, 5.41) is 26.1. The van der Waals surface area contributed by atoms with Crippen molar-refractivity contribution in [2.45, 2.75) is 37.9 Å². The van der Waals surface area contributed by atoms with Crippen LogP contribution in [0, 0.1) is 12.3 Å². The minimum absolute atomic E-state index is 0.0373. The summed E-state index contributed by atoms with van der Waals surface area (Å²) < 4.78 is 0. The minimum Gasteiger partial charge on any atom is -0.480 e. The summed E-state index contributed by atoms with van der Waals surface area (Å²) in [5.41, 5.74) is 6.34. The molecular weight excluding hydrogens is 512 g/mol. The van der Waals surface area contributed by atoms with Crippen LogP contribution in [0.1, 0.15) is 35.3 Å². The Labute approximate surface area is 220 Å². The monoisotopic (exact) mass is 536 g/mol. The lowest BCUT2D eigenvalue weighted by Gasteiger charge is -2.16. The topological polar surface area (TPSA) is 242 Å². The zero-order chi connectivity index (χ0) is 28.5. The highest BCUT2D eigenvalue weighted by molar-refractivity contribution is 5.97. The molecule has 2 amide bonds. The number of fused-ring (bicyclic) bond motifs is 1. The van der Waals surface area contributed by atoms with Crippen LogP contribution in [0.2, 0.25) is 0 Å². The molecule has 0 spiro atoms. The van der Waals surface area contributed by atoms with E-state index in [0.29, 0.717) is 11.4 Å². The van der Waals surface area contributed by atoms with Crippen LogP contribution in [-0.2, 0) is 20.9 Å². The number of aliphatic carboxylic acids is 2. The zero-order valence-corrected chi connectivity index (χ0v) is 20.3. The first-order chi connectivity index (χ1) is 18.6. The molecule has 15 heteroatoms. The van der Waals surface area contributed by atoms with Gasteiger partial charge in [0.25, 0.3) is 11.5 Å². The van der Waals surface area contributed by atoms with Crippen molar-refractivity contribution in [3.8, 4) is 12.3 Å². The molecule has 15 nitrogen and oxygen atoms in total. The molecule has 0 saturated heterocycles. The van der Waals surface area contributed by atoms with Crippen LogP contribution in [0.4, 0.5) is 11.6 Å². The maximum atomic E-state index is 12.6. The Hall–Kier alpha value is -5.52. The third-order valence-electron chi connectivity index (χ3n) is 5.33. The van der Waals surface area contributed by atoms with Crippen molar-refractivity contribution in [1.82, 2.24) is 30.6 Å². The van der Waals surface area contributed by atoms with E-state index < -0.39 is 41.4 Å². The number of benzene rings is 1. The highest BCUT2D eigenvalue weighted by Gasteiger charge is 2.24. The van der Waals surface area contributed by atoms with Crippen molar-refractivity contribution in [2.75, 3.05) is 11.1 Å². The SMILES string of the molecule is C#CC[C@H](NC(=O)CC[C@H](NC(=O)c1ccc(NCc2cnc3nc(N)[nH]c(=O)c3n2)cc1)C(=O)O)C(=O)O. The van der Waals surface area contributed by atoms with Crippen molar-refractivity contribution in [2.24, 2.45) is 0 Å². The van der Waals surface area contributed by atoms with Gasteiger partial charge in [0.1, 0.15) is 12.1 Å². The smallest absolute Gasteiger partial charge is 0.327 e. The predicted octanol–water partition coefficient (Wildman–Crippen LogP) is -0.537. The van der Waals surface area contributed by atoms with Crippen LogP contribution in [0.5, 0.6) is 0 Å². The van der Waals surface area contributed by atoms with Crippen molar-refractivity contribution in [1.29, 1.82) is 0 Å². The van der Waals surface area contributed by atoms with E-state index in [-0.39, 0.29) is 48.5 Å². The van der Waals surface area contributed by atoms with Crippen LogP contribution in [-0.4, -0.2) is 66.0 Å². The molecule has 1 aromatic carbocycles. The Morgan fingerprint density at radius 2 is 1.74 bits per heavy atom. The lowest BCUT2D eigenvalue weighted by Crippen LogP contribution is -2.43. The van der Waals surface area contributed by atoms with Crippen molar-refractivity contribution in [3.05, 3.63) is 52.1 Å². The highest BCUT2D eigenvalue weighted by Crippen LogP contribution is 2.12. The second-order valence-electron chi connectivity index (χ2n) is 8.19. The number of terminal acetylenes is 1. The molecule has 0 saturated carbocycles. The number of nitrogens with zero attached hydrogens (tertiary/aromatic N) is 3. The van der Waals surface area contributed by atoms with E-state index in [1.165, 1.54) is 18.3 Å². The molecular formula is C24H24N8O7. The molecule has 3 rings (SSSR count). The van der Waals surface area contributed by atoms with Crippen LogP contribution < -0.4 is 27.2 Å². The standard InChI is InChI=1S/C24H24N8O7/c1-2-3-15(22(36)37)29-17(33)9-8-16(23(38)39)30-20(34)12-4-6-13(7-5-12)26-10-14-11-27-19-18(28-14)21(35)32-24(25)31-19/h1,4-7,11,15-16,26H,3,8-10H2,(H,29,33)(H,30,34)(H,36,37)(H,38,39)(H3,25,27,31,32,35)/t15-,16-/m0/s1. The first kappa shape index (κ1) is 28.1. The van der Waals surface area contributed by atoms with Gasteiger partial charge >= 0.3 is 11.9 Å². The van der Waals surface area contributed by atoms with Gasteiger partial charge in [0, 0.05) is 24.1 Å². The second kappa shape index (κ2) is 12.6. The fourth-order valence-corrected chi connectivity index (χ4v) is 3.35. The minimum atomic E-state index is -1.39. The van der Waals surface area contributed by atoms with E-state index in [1.54, 1.807) is 12.1 Å². The summed E-state index contributed by atoms with van der Waals surface area (Å²) in [7, 11) is 0. The molecule has 202 valence electrons. The number of aromatic amines is 1. The van der Waals surface area contributed by atoms with Gasteiger partial charge in [-0.25, -0.2) is 19.6 Å². The Morgan fingerprint density at radius 3 is 2.38 bits per heavy atom. The molecule has 0 aliphatic rings. The largest absolute Gasteiger partial charge is 0.480 e. The van der Waals surface area contributed by atoms with Crippen LogP contribution in [0.15, 0.2) is 35.3 Å². The van der Waals surface area contributed by atoms with E-state index in [0.717, 1.165) is 0 Å². The normalized spacial score (nSPS) is 12.1. The Kier molecular flexibility index (Phi) is 9.09. The van der Waals surface area contributed by atoms with Gasteiger partial charge in [0.15, 0.2) is 11.2 Å².